The van der Waals surface area contributed by atoms with Crippen LogP contribution in [0.5, 0.6) is 0 Å². The number of hydrogen-bond donors (Lipinski definition) is 1. The number of nitro groups is 1. The van der Waals surface area contributed by atoms with Crippen LogP contribution in [0.25, 0.3) is 11.4 Å². The standard InChI is InChI=1S/C19H17N5O2/c1-13-12-18(21-19(20-13)16-6-4-3-5-7-16)23-22-14(2)15-8-10-17(11-9-15)24(25)26/h3-12H,1-2H3,(H,20,21,23). The van der Waals surface area contributed by atoms with Crippen molar-refractivity contribution >= 4 is 17.2 Å². The van der Waals surface area contributed by atoms with E-state index in [1.165, 1.54) is 12.1 Å². The molecule has 1 heterocycles. The number of nitrogens with one attached hydrogen (secondary N) is 1. The van der Waals surface area contributed by atoms with Gasteiger partial charge in [0.15, 0.2) is 11.6 Å². The first-order valence-electron chi connectivity index (χ1n) is 7.99. The highest BCUT2D eigenvalue weighted by Gasteiger charge is 2.07. The molecule has 0 unspecified atom stereocenters. The molecule has 0 aliphatic heterocycles. The minimum absolute atomic E-state index is 0.0495. The number of benzene rings is 2. The molecule has 0 saturated carbocycles. The first-order valence-corrected chi connectivity index (χ1v) is 7.99. The van der Waals surface area contributed by atoms with Crippen molar-refractivity contribution in [2.45, 2.75) is 13.8 Å². The summed E-state index contributed by atoms with van der Waals surface area (Å²) in [6, 6.07) is 17.8. The maximum Gasteiger partial charge on any atom is 0.269 e. The van der Waals surface area contributed by atoms with Gasteiger partial charge in [0.25, 0.3) is 5.69 Å². The highest BCUT2D eigenvalue weighted by atomic mass is 16.6. The Morgan fingerprint density at radius 1 is 1.08 bits per heavy atom. The van der Waals surface area contributed by atoms with E-state index in [-0.39, 0.29) is 5.69 Å². The van der Waals surface area contributed by atoms with Crippen molar-refractivity contribution in [2.24, 2.45) is 5.10 Å². The number of anilines is 1. The SMILES string of the molecule is CC(=NNc1cc(C)nc(-c2ccccc2)n1)c1ccc([N+](=O)[O-])cc1. The Kier molecular flexibility index (Phi) is 4.98. The molecular weight excluding hydrogens is 330 g/mol. The number of aromatic nitrogens is 2. The predicted molar refractivity (Wildman–Crippen MR) is 101 cm³/mol. The van der Waals surface area contributed by atoms with Crippen molar-refractivity contribution in [2.75, 3.05) is 5.43 Å². The zero-order valence-electron chi connectivity index (χ0n) is 14.4. The fraction of sp³-hybridized carbons (Fsp3) is 0.105. The molecule has 0 fully saturated rings. The second kappa shape index (κ2) is 7.52. The number of hydrogen-bond acceptors (Lipinski definition) is 6. The number of nitrogens with zero attached hydrogens (tertiary/aromatic N) is 4. The van der Waals surface area contributed by atoms with E-state index in [0.29, 0.717) is 17.4 Å². The van der Waals surface area contributed by atoms with Crippen molar-refractivity contribution in [3.05, 3.63) is 82.0 Å². The summed E-state index contributed by atoms with van der Waals surface area (Å²) in [5, 5.41) is 15.0. The summed E-state index contributed by atoms with van der Waals surface area (Å²) in [7, 11) is 0. The molecule has 7 heteroatoms. The Bertz CT molecular complexity index is 953. The lowest BCUT2D eigenvalue weighted by atomic mass is 10.1. The average Bonchev–Trinajstić information content (AvgIpc) is 2.66. The van der Waals surface area contributed by atoms with Crippen LogP contribution in [0.15, 0.2) is 65.8 Å². The Morgan fingerprint density at radius 2 is 1.77 bits per heavy atom. The van der Waals surface area contributed by atoms with Gasteiger partial charge in [-0.05, 0) is 31.5 Å². The van der Waals surface area contributed by atoms with E-state index >= 15 is 0 Å². The van der Waals surface area contributed by atoms with E-state index in [2.05, 4.69) is 20.5 Å². The fourth-order valence-corrected chi connectivity index (χ4v) is 2.37. The topological polar surface area (TPSA) is 93.3 Å². The molecule has 26 heavy (non-hydrogen) atoms. The minimum Gasteiger partial charge on any atom is -0.261 e. The van der Waals surface area contributed by atoms with Crippen LogP contribution < -0.4 is 5.43 Å². The van der Waals surface area contributed by atoms with Gasteiger partial charge in [0.05, 0.1) is 10.6 Å². The quantitative estimate of drug-likeness (QED) is 0.424. The summed E-state index contributed by atoms with van der Waals surface area (Å²) < 4.78 is 0. The summed E-state index contributed by atoms with van der Waals surface area (Å²) in [4.78, 5) is 19.2. The predicted octanol–water partition coefficient (Wildman–Crippen LogP) is 4.20. The molecule has 0 aliphatic carbocycles. The number of non-ortho nitro benzene ring substituents is 1. The van der Waals surface area contributed by atoms with Gasteiger partial charge in [-0.25, -0.2) is 9.97 Å². The number of hydrazone groups is 1. The van der Waals surface area contributed by atoms with Gasteiger partial charge in [0.1, 0.15) is 0 Å². The van der Waals surface area contributed by atoms with E-state index in [4.69, 9.17) is 0 Å². The molecule has 0 aliphatic rings. The fourth-order valence-electron chi connectivity index (χ4n) is 2.37. The molecule has 3 aromatic rings. The highest BCUT2D eigenvalue weighted by molar-refractivity contribution is 5.99. The zero-order chi connectivity index (χ0) is 18.5. The van der Waals surface area contributed by atoms with Crippen molar-refractivity contribution < 1.29 is 4.92 Å². The maximum absolute atomic E-state index is 10.7. The molecule has 0 radical (unpaired) electrons. The Labute approximate surface area is 150 Å². The van der Waals surface area contributed by atoms with Crippen molar-refractivity contribution in [3.63, 3.8) is 0 Å². The summed E-state index contributed by atoms with van der Waals surface area (Å²) in [5.41, 5.74) is 6.21. The molecule has 1 aromatic heterocycles. The third-order valence-corrected chi connectivity index (χ3v) is 3.72. The molecular formula is C19H17N5O2. The van der Waals surface area contributed by atoms with E-state index in [1.807, 2.05) is 44.2 Å². The van der Waals surface area contributed by atoms with Crippen LogP contribution in [0.3, 0.4) is 0 Å². The van der Waals surface area contributed by atoms with Gasteiger partial charge in [-0.3, -0.25) is 15.5 Å². The smallest absolute Gasteiger partial charge is 0.261 e. The van der Waals surface area contributed by atoms with Crippen molar-refractivity contribution in [1.82, 2.24) is 9.97 Å². The Balaban J connectivity index is 1.81. The van der Waals surface area contributed by atoms with Crippen LogP contribution in [0.4, 0.5) is 11.5 Å². The highest BCUT2D eigenvalue weighted by Crippen LogP contribution is 2.18. The molecule has 1 N–H and O–H groups in total. The zero-order valence-corrected chi connectivity index (χ0v) is 14.4. The van der Waals surface area contributed by atoms with Crippen LogP contribution in [0.1, 0.15) is 18.2 Å². The van der Waals surface area contributed by atoms with Gasteiger partial charge < -0.3 is 0 Å². The molecule has 130 valence electrons. The van der Waals surface area contributed by atoms with Crippen LogP contribution in [-0.4, -0.2) is 20.6 Å². The van der Waals surface area contributed by atoms with Gasteiger partial charge in [-0.1, -0.05) is 30.3 Å². The molecule has 0 saturated heterocycles. The molecule has 0 amide bonds. The lowest BCUT2D eigenvalue weighted by Crippen LogP contribution is -2.03. The van der Waals surface area contributed by atoms with Crippen molar-refractivity contribution in [1.29, 1.82) is 0 Å². The second-order valence-corrected chi connectivity index (χ2v) is 5.70. The van der Waals surface area contributed by atoms with Gasteiger partial charge in [0, 0.05) is 29.5 Å². The minimum atomic E-state index is -0.427. The van der Waals surface area contributed by atoms with Crippen molar-refractivity contribution in [3.8, 4) is 11.4 Å². The molecule has 7 nitrogen and oxygen atoms in total. The number of aryl methyl sites for hydroxylation is 1. The Hall–Kier alpha value is -3.61. The van der Waals surface area contributed by atoms with Crippen LogP contribution in [0, 0.1) is 17.0 Å². The van der Waals surface area contributed by atoms with Gasteiger partial charge in [-0.15, -0.1) is 0 Å². The summed E-state index contributed by atoms with van der Waals surface area (Å²) in [5.74, 6) is 1.20. The van der Waals surface area contributed by atoms with Crippen LogP contribution in [0.2, 0.25) is 0 Å². The molecule has 3 rings (SSSR count). The van der Waals surface area contributed by atoms with Gasteiger partial charge in [0.2, 0.25) is 0 Å². The van der Waals surface area contributed by atoms with E-state index in [0.717, 1.165) is 16.8 Å². The lowest BCUT2D eigenvalue weighted by molar-refractivity contribution is -0.384. The van der Waals surface area contributed by atoms with Gasteiger partial charge >= 0.3 is 0 Å². The van der Waals surface area contributed by atoms with Crippen LogP contribution in [-0.2, 0) is 0 Å². The number of nitro benzene ring substituents is 1. The maximum atomic E-state index is 10.7. The third-order valence-electron chi connectivity index (χ3n) is 3.72. The summed E-state index contributed by atoms with van der Waals surface area (Å²) in [6.45, 7) is 3.71. The third kappa shape index (κ3) is 4.07. The molecule has 0 atom stereocenters. The van der Waals surface area contributed by atoms with E-state index in [1.54, 1.807) is 18.2 Å². The first-order chi connectivity index (χ1) is 12.5. The molecule has 0 bridgehead atoms. The largest absolute Gasteiger partial charge is 0.269 e. The first kappa shape index (κ1) is 17.2. The molecule has 0 spiro atoms. The Morgan fingerprint density at radius 3 is 2.42 bits per heavy atom. The summed E-state index contributed by atoms with van der Waals surface area (Å²) >= 11 is 0. The normalized spacial score (nSPS) is 11.2. The van der Waals surface area contributed by atoms with E-state index < -0.39 is 4.92 Å². The van der Waals surface area contributed by atoms with Crippen LogP contribution >= 0.6 is 0 Å². The summed E-state index contributed by atoms with van der Waals surface area (Å²) in [6.07, 6.45) is 0. The molecule has 2 aromatic carbocycles. The van der Waals surface area contributed by atoms with E-state index in [9.17, 15) is 10.1 Å². The second-order valence-electron chi connectivity index (χ2n) is 5.70. The average molecular weight is 347 g/mol. The number of rotatable bonds is 5. The monoisotopic (exact) mass is 347 g/mol. The van der Waals surface area contributed by atoms with Gasteiger partial charge in [-0.2, -0.15) is 5.10 Å². The lowest BCUT2D eigenvalue weighted by Gasteiger charge is -2.07.